The third-order valence-electron chi connectivity index (χ3n) is 4.83. The van der Waals surface area contributed by atoms with Crippen LogP contribution in [0.5, 0.6) is 0 Å². The standard InChI is InChI=1S/C17H21N7/c1-22-16(14-4-3-8-18-12-14)20-21-17(22)24-10-6-13(7-11-24)15-5-9-19-23(15)2/h3-5,8-9,12-13H,6-7,10-11H2,1-2H3. The molecule has 7 nitrogen and oxygen atoms in total. The maximum atomic E-state index is 4.41. The summed E-state index contributed by atoms with van der Waals surface area (Å²) in [5.74, 6) is 2.35. The van der Waals surface area contributed by atoms with Crippen molar-refractivity contribution in [3.63, 3.8) is 0 Å². The maximum Gasteiger partial charge on any atom is 0.227 e. The van der Waals surface area contributed by atoms with Gasteiger partial charge in [-0.1, -0.05) is 0 Å². The van der Waals surface area contributed by atoms with Gasteiger partial charge in [0.1, 0.15) is 0 Å². The molecule has 4 rings (SSSR count). The van der Waals surface area contributed by atoms with Gasteiger partial charge in [-0.2, -0.15) is 5.10 Å². The van der Waals surface area contributed by atoms with E-state index in [1.54, 1.807) is 6.20 Å². The third kappa shape index (κ3) is 2.55. The lowest BCUT2D eigenvalue weighted by Gasteiger charge is -2.32. The van der Waals surface area contributed by atoms with Crippen LogP contribution in [-0.2, 0) is 14.1 Å². The molecule has 24 heavy (non-hydrogen) atoms. The number of aryl methyl sites for hydroxylation is 1. The van der Waals surface area contributed by atoms with Crippen LogP contribution in [-0.4, -0.2) is 42.6 Å². The summed E-state index contributed by atoms with van der Waals surface area (Å²) in [6, 6.07) is 6.06. The Morgan fingerprint density at radius 3 is 2.54 bits per heavy atom. The van der Waals surface area contributed by atoms with E-state index in [1.807, 2.05) is 43.3 Å². The highest BCUT2D eigenvalue weighted by Crippen LogP contribution is 2.30. The lowest BCUT2D eigenvalue weighted by Crippen LogP contribution is -2.35. The minimum absolute atomic E-state index is 0.569. The fraction of sp³-hybridized carbons (Fsp3) is 0.412. The quantitative estimate of drug-likeness (QED) is 0.737. The molecule has 3 aromatic heterocycles. The van der Waals surface area contributed by atoms with Crippen molar-refractivity contribution in [2.75, 3.05) is 18.0 Å². The number of aromatic nitrogens is 6. The van der Waals surface area contributed by atoms with Crippen LogP contribution in [0.3, 0.4) is 0 Å². The zero-order valence-electron chi connectivity index (χ0n) is 14.0. The van der Waals surface area contributed by atoms with Crippen molar-refractivity contribution in [3.05, 3.63) is 42.5 Å². The van der Waals surface area contributed by atoms with Gasteiger partial charge in [-0.05, 0) is 31.0 Å². The lowest BCUT2D eigenvalue weighted by atomic mass is 9.93. The van der Waals surface area contributed by atoms with Gasteiger partial charge in [0.25, 0.3) is 0 Å². The van der Waals surface area contributed by atoms with E-state index in [2.05, 4.69) is 35.8 Å². The second-order valence-electron chi connectivity index (χ2n) is 6.27. The van der Waals surface area contributed by atoms with Gasteiger partial charge in [0.05, 0.1) is 0 Å². The summed E-state index contributed by atoms with van der Waals surface area (Å²) < 4.78 is 4.05. The average molecular weight is 323 g/mol. The van der Waals surface area contributed by atoms with E-state index in [-0.39, 0.29) is 0 Å². The fourth-order valence-corrected chi connectivity index (χ4v) is 3.50. The lowest BCUT2D eigenvalue weighted by molar-refractivity contribution is 0.470. The fourth-order valence-electron chi connectivity index (χ4n) is 3.50. The first kappa shape index (κ1) is 14.9. The van der Waals surface area contributed by atoms with E-state index in [0.29, 0.717) is 5.92 Å². The molecule has 7 heteroatoms. The molecule has 0 aromatic carbocycles. The first-order valence-electron chi connectivity index (χ1n) is 8.26. The Morgan fingerprint density at radius 2 is 1.88 bits per heavy atom. The molecule has 4 heterocycles. The van der Waals surface area contributed by atoms with E-state index < -0.39 is 0 Å². The van der Waals surface area contributed by atoms with Crippen molar-refractivity contribution < 1.29 is 0 Å². The summed E-state index contributed by atoms with van der Waals surface area (Å²) in [6.07, 6.45) is 7.68. The predicted octanol–water partition coefficient (Wildman–Crippen LogP) is 1.99. The first-order chi connectivity index (χ1) is 11.7. The molecule has 0 unspecified atom stereocenters. The van der Waals surface area contributed by atoms with Crippen molar-refractivity contribution >= 4 is 5.95 Å². The molecule has 3 aromatic rings. The topological polar surface area (TPSA) is 64.7 Å². The Labute approximate surface area is 141 Å². The predicted molar refractivity (Wildman–Crippen MR) is 91.6 cm³/mol. The number of pyridine rings is 1. The Kier molecular flexibility index (Phi) is 3.76. The minimum Gasteiger partial charge on any atom is -0.341 e. The largest absolute Gasteiger partial charge is 0.341 e. The molecule has 0 bridgehead atoms. The number of anilines is 1. The van der Waals surface area contributed by atoms with Gasteiger partial charge in [0.15, 0.2) is 5.82 Å². The van der Waals surface area contributed by atoms with Gasteiger partial charge >= 0.3 is 0 Å². The van der Waals surface area contributed by atoms with E-state index in [4.69, 9.17) is 0 Å². The summed E-state index contributed by atoms with van der Waals surface area (Å²) in [6.45, 7) is 1.96. The molecule has 1 saturated heterocycles. The summed E-state index contributed by atoms with van der Waals surface area (Å²) in [4.78, 5) is 6.49. The van der Waals surface area contributed by atoms with E-state index in [9.17, 15) is 0 Å². The molecule has 1 fully saturated rings. The second kappa shape index (κ2) is 6.07. The third-order valence-corrected chi connectivity index (χ3v) is 4.83. The van der Waals surface area contributed by atoms with Gasteiger partial charge in [-0.25, -0.2) is 0 Å². The molecule has 0 amide bonds. The Bertz CT molecular complexity index is 813. The molecule has 0 N–H and O–H groups in total. The van der Waals surface area contributed by atoms with Gasteiger partial charge in [0.2, 0.25) is 5.95 Å². The van der Waals surface area contributed by atoms with Crippen molar-refractivity contribution in [2.45, 2.75) is 18.8 Å². The molecule has 0 atom stereocenters. The van der Waals surface area contributed by atoms with Crippen LogP contribution < -0.4 is 4.90 Å². The van der Waals surface area contributed by atoms with Gasteiger partial charge < -0.3 is 4.90 Å². The second-order valence-corrected chi connectivity index (χ2v) is 6.27. The molecule has 0 aliphatic carbocycles. The van der Waals surface area contributed by atoms with Gasteiger partial charge in [-0.15, -0.1) is 10.2 Å². The Hall–Kier alpha value is -2.70. The molecule has 0 spiro atoms. The van der Waals surface area contributed by atoms with Crippen LogP contribution in [0.4, 0.5) is 5.95 Å². The minimum atomic E-state index is 0.569. The van der Waals surface area contributed by atoms with E-state index in [0.717, 1.165) is 43.3 Å². The van der Waals surface area contributed by atoms with Crippen LogP contribution in [0.15, 0.2) is 36.8 Å². The van der Waals surface area contributed by atoms with E-state index >= 15 is 0 Å². The van der Waals surface area contributed by atoms with Crippen molar-refractivity contribution in [3.8, 4) is 11.4 Å². The van der Waals surface area contributed by atoms with Crippen molar-refractivity contribution in [1.29, 1.82) is 0 Å². The van der Waals surface area contributed by atoms with Crippen molar-refractivity contribution in [1.82, 2.24) is 29.5 Å². The van der Waals surface area contributed by atoms with Crippen LogP contribution in [0, 0.1) is 0 Å². The number of nitrogens with zero attached hydrogens (tertiary/aromatic N) is 7. The van der Waals surface area contributed by atoms with Crippen LogP contribution >= 0.6 is 0 Å². The summed E-state index contributed by atoms with van der Waals surface area (Å²) >= 11 is 0. The van der Waals surface area contributed by atoms with Crippen LogP contribution in [0.1, 0.15) is 24.5 Å². The maximum absolute atomic E-state index is 4.41. The zero-order chi connectivity index (χ0) is 16.5. The monoisotopic (exact) mass is 323 g/mol. The number of piperidine rings is 1. The highest BCUT2D eigenvalue weighted by molar-refractivity contribution is 5.56. The molecule has 0 radical (unpaired) electrons. The molecule has 124 valence electrons. The molecule has 1 aliphatic heterocycles. The highest BCUT2D eigenvalue weighted by Gasteiger charge is 2.25. The highest BCUT2D eigenvalue weighted by atomic mass is 15.4. The normalized spacial score (nSPS) is 15.8. The number of hydrogen-bond donors (Lipinski definition) is 0. The summed E-state index contributed by atoms with van der Waals surface area (Å²) in [5, 5.41) is 13.1. The molecular weight excluding hydrogens is 302 g/mol. The van der Waals surface area contributed by atoms with E-state index in [1.165, 1.54) is 5.69 Å². The first-order valence-corrected chi connectivity index (χ1v) is 8.26. The number of rotatable bonds is 3. The van der Waals surface area contributed by atoms with Crippen molar-refractivity contribution in [2.24, 2.45) is 14.1 Å². The van der Waals surface area contributed by atoms with Gasteiger partial charge in [0, 0.05) is 63.0 Å². The Balaban J connectivity index is 1.50. The molecule has 1 aliphatic rings. The molecular formula is C17H21N7. The Morgan fingerprint density at radius 1 is 1.04 bits per heavy atom. The summed E-state index contributed by atoms with van der Waals surface area (Å²) in [7, 11) is 4.04. The van der Waals surface area contributed by atoms with Crippen LogP contribution in [0.25, 0.3) is 11.4 Å². The smallest absolute Gasteiger partial charge is 0.227 e. The number of hydrogen-bond acceptors (Lipinski definition) is 5. The molecule has 0 saturated carbocycles. The van der Waals surface area contributed by atoms with Gasteiger partial charge in [-0.3, -0.25) is 14.2 Å². The SMILES string of the molecule is Cn1nccc1C1CCN(c2nnc(-c3cccnc3)n2C)CC1. The average Bonchev–Trinajstić information content (AvgIpc) is 3.22. The zero-order valence-corrected chi connectivity index (χ0v) is 14.0. The van der Waals surface area contributed by atoms with Crippen LogP contribution in [0.2, 0.25) is 0 Å². The summed E-state index contributed by atoms with van der Waals surface area (Å²) in [5.41, 5.74) is 2.31.